The van der Waals surface area contributed by atoms with Crippen LogP contribution in [0.25, 0.3) is 0 Å². The van der Waals surface area contributed by atoms with Gasteiger partial charge in [-0.3, -0.25) is 0 Å². The van der Waals surface area contributed by atoms with Crippen LogP contribution in [-0.2, 0) is 6.42 Å². The normalized spacial score (nSPS) is 18.4. The van der Waals surface area contributed by atoms with Crippen molar-refractivity contribution < 1.29 is 4.74 Å². The zero-order chi connectivity index (χ0) is 12.8. The Balaban J connectivity index is 2.01. The van der Waals surface area contributed by atoms with Crippen molar-refractivity contribution >= 4 is 11.6 Å². The predicted octanol–water partition coefficient (Wildman–Crippen LogP) is 4.91. The van der Waals surface area contributed by atoms with Crippen molar-refractivity contribution in [2.45, 2.75) is 50.9 Å². The highest BCUT2D eigenvalue weighted by Crippen LogP contribution is 2.37. The third-order valence-electron chi connectivity index (χ3n) is 3.98. The second kappa shape index (κ2) is 7.04. The molecule has 2 rings (SSSR count). The fourth-order valence-corrected chi connectivity index (χ4v) is 3.15. The van der Waals surface area contributed by atoms with Gasteiger partial charge in [0.2, 0.25) is 0 Å². The molecule has 0 aromatic heterocycles. The number of methoxy groups -OCH3 is 1. The minimum atomic E-state index is 0.735. The number of unbranched alkanes of at least 4 members (excludes halogenated alkanes) is 2. The molecule has 1 aliphatic rings. The smallest absolute Gasteiger partial charge is 0.119 e. The summed E-state index contributed by atoms with van der Waals surface area (Å²) in [7, 11) is 1.75. The van der Waals surface area contributed by atoms with Crippen LogP contribution in [0.1, 0.15) is 55.6 Å². The van der Waals surface area contributed by atoms with Gasteiger partial charge in [-0.05, 0) is 61.3 Å². The Morgan fingerprint density at radius 1 is 1.28 bits per heavy atom. The Kier molecular flexibility index (Phi) is 5.37. The first kappa shape index (κ1) is 13.7. The summed E-state index contributed by atoms with van der Waals surface area (Å²) < 4.78 is 5.35. The van der Waals surface area contributed by atoms with Gasteiger partial charge in [0.25, 0.3) is 0 Å². The van der Waals surface area contributed by atoms with Gasteiger partial charge in [-0.2, -0.15) is 0 Å². The number of ether oxygens (including phenoxy) is 1. The molecule has 1 aromatic carbocycles. The minimum absolute atomic E-state index is 0.735. The molecule has 1 aliphatic carbocycles. The van der Waals surface area contributed by atoms with E-state index in [9.17, 15) is 0 Å². The highest BCUT2D eigenvalue weighted by molar-refractivity contribution is 6.17. The zero-order valence-corrected chi connectivity index (χ0v) is 12.0. The van der Waals surface area contributed by atoms with E-state index in [0.29, 0.717) is 0 Å². The maximum Gasteiger partial charge on any atom is 0.119 e. The van der Waals surface area contributed by atoms with E-state index in [1.165, 1.54) is 49.7 Å². The number of benzene rings is 1. The number of hydrogen-bond acceptors (Lipinski definition) is 1. The molecule has 0 saturated heterocycles. The fraction of sp³-hybridized carbons (Fsp3) is 0.625. The van der Waals surface area contributed by atoms with Crippen molar-refractivity contribution in [3.8, 4) is 5.75 Å². The van der Waals surface area contributed by atoms with Crippen molar-refractivity contribution in [3.63, 3.8) is 0 Å². The minimum Gasteiger partial charge on any atom is -0.497 e. The molecule has 1 aromatic rings. The molecule has 0 bridgehead atoms. The average Bonchev–Trinajstić information content (AvgIpc) is 2.43. The molecule has 0 spiro atoms. The van der Waals surface area contributed by atoms with Crippen LogP contribution in [0.2, 0.25) is 0 Å². The fourth-order valence-electron chi connectivity index (χ4n) is 2.96. The van der Waals surface area contributed by atoms with Crippen molar-refractivity contribution in [1.82, 2.24) is 0 Å². The molecule has 1 atom stereocenters. The molecule has 1 nitrogen and oxygen atoms in total. The molecule has 0 heterocycles. The lowest BCUT2D eigenvalue weighted by molar-refractivity contribution is 0.411. The lowest BCUT2D eigenvalue weighted by Gasteiger charge is -2.26. The van der Waals surface area contributed by atoms with Gasteiger partial charge in [-0.15, -0.1) is 11.6 Å². The second-order valence-electron chi connectivity index (χ2n) is 5.19. The first-order chi connectivity index (χ1) is 8.85. The summed E-state index contributed by atoms with van der Waals surface area (Å²) in [4.78, 5) is 0. The molecule has 2 heteroatoms. The number of alkyl halides is 1. The molecular weight excluding hydrogens is 244 g/mol. The Bertz CT molecular complexity index is 375. The Morgan fingerprint density at radius 2 is 2.17 bits per heavy atom. The van der Waals surface area contributed by atoms with Crippen LogP contribution in [0.4, 0.5) is 0 Å². The maximum atomic E-state index is 5.73. The average molecular weight is 267 g/mol. The van der Waals surface area contributed by atoms with E-state index in [4.69, 9.17) is 16.3 Å². The van der Waals surface area contributed by atoms with Crippen molar-refractivity contribution in [3.05, 3.63) is 29.3 Å². The third kappa shape index (κ3) is 3.41. The molecule has 0 fully saturated rings. The topological polar surface area (TPSA) is 9.23 Å². The van der Waals surface area contributed by atoms with E-state index in [1.807, 2.05) is 0 Å². The van der Waals surface area contributed by atoms with Crippen LogP contribution in [0, 0.1) is 0 Å². The summed E-state index contributed by atoms with van der Waals surface area (Å²) in [6.07, 6.45) is 8.92. The lowest BCUT2D eigenvalue weighted by atomic mass is 9.80. The van der Waals surface area contributed by atoms with Crippen LogP contribution < -0.4 is 4.74 Å². The summed E-state index contributed by atoms with van der Waals surface area (Å²) >= 11 is 5.73. The number of hydrogen-bond donors (Lipinski definition) is 0. The van der Waals surface area contributed by atoms with E-state index in [1.54, 1.807) is 7.11 Å². The van der Waals surface area contributed by atoms with E-state index in [2.05, 4.69) is 18.2 Å². The quantitative estimate of drug-likeness (QED) is 0.525. The molecule has 18 heavy (non-hydrogen) atoms. The summed E-state index contributed by atoms with van der Waals surface area (Å²) in [6, 6.07) is 6.59. The molecular formula is C16H23ClO. The Labute approximate surface area is 115 Å². The third-order valence-corrected chi connectivity index (χ3v) is 4.25. The van der Waals surface area contributed by atoms with Gasteiger partial charge in [-0.1, -0.05) is 18.9 Å². The largest absolute Gasteiger partial charge is 0.497 e. The summed E-state index contributed by atoms with van der Waals surface area (Å²) in [6.45, 7) is 0. The molecule has 0 unspecified atom stereocenters. The Morgan fingerprint density at radius 3 is 2.94 bits per heavy atom. The van der Waals surface area contributed by atoms with Crippen LogP contribution in [-0.4, -0.2) is 13.0 Å². The first-order valence-electron chi connectivity index (χ1n) is 7.08. The van der Waals surface area contributed by atoms with Crippen LogP contribution in [0.5, 0.6) is 5.75 Å². The van der Waals surface area contributed by atoms with Crippen LogP contribution >= 0.6 is 11.6 Å². The van der Waals surface area contributed by atoms with E-state index in [0.717, 1.165) is 24.0 Å². The van der Waals surface area contributed by atoms with Gasteiger partial charge < -0.3 is 4.74 Å². The van der Waals surface area contributed by atoms with Gasteiger partial charge in [0.15, 0.2) is 0 Å². The Hall–Kier alpha value is -0.690. The van der Waals surface area contributed by atoms with E-state index in [-0.39, 0.29) is 0 Å². The van der Waals surface area contributed by atoms with Gasteiger partial charge in [0.05, 0.1) is 7.11 Å². The summed E-state index contributed by atoms with van der Waals surface area (Å²) in [5.41, 5.74) is 3.07. The molecule has 0 aliphatic heterocycles. The van der Waals surface area contributed by atoms with Gasteiger partial charge in [0.1, 0.15) is 5.75 Å². The number of aryl methyl sites for hydroxylation is 1. The van der Waals surface area contributed by atoms with E-state index < -0.39 is 0 Å². The van der Waals surface area contributed by atoms with Crippen molar-refractivity contribution in [2.75, 3.05) is 13.0 Å². The summed E-state index contributed by atoms with van der Waals surface area (Å²) in [5.74, 6) is 2.54. The van der Waals surface area contributed by atoms with Crippen molar-refractivity contribution in [2.24, 2.45) is 0 Å². The van der Waals surface area contributed by atoms with E-state index >= 15 is 0 Å². The zero-order valence-electron chi connectivity index (χ0n) is 11.3. The number of fused-ring (bicyclic) bond motifs is 1. The van der Waals surface area contributed by atoms with Crippen LogP contribution in [0.15, 0.2) is 18.2 Å². The molecule has 0 saturated carbocycles. The predicted molar refractivity (Wildman–Crippen MR) is 77.9 cm³/mol. The molecule has 0 N–H and O–H groups in total. The standard InChI is InChI=1S/C16H23ClO/c1-18-15-10-9-14-8-5-7-13(16(14)12-15)6-3-2-4-11-17/h9-10,12-13H,2-8,11H2,1H3/t13-/m1/s1. The lowest BCUT2D eigenvalue weighted by Crippen LogP contribution is -2.10. The monoisotopic (exact) mass is 266 g/mol. The highest BCUT2D eigenvalue weighted by Gasteiger charge is 2.20. The SMILES string of the molecule is COc1ccc2c(c1)[C@H](CCCCCCl)CCC2. The maximum absolute atomic E-state index is 5.73. The van der Waals surface area contributed by atoms with Gasteiger partial charge in [-0.25, -0.2) is 0 Å². The summed E-state index contributed by atoms with van der Waals surface area (Å²) in [5, 5.41) is 0. The van der Waals surface area contributed by atoms with Crippen molar-refractivity contribution in [1.29, 1.82) is 0 Å². The second-order valence-corrected chi connectivity index (χ2v) is 5.57. The molecule has 0 radical (unpaired) electrons. The van der Waals surface area contributed by atoms with Crippen LogP contribution in [0.3, 0.4) is 0 Å². The number of rotatable bonds is 6. The van der Waals surface area contributed by atoms with Gasteiger partial charge >= 0.3 is 0 Å². The molecule has 0 amide bonds. The number of halogens is 1. The molecule has 100 valence electrons. The van der Waals surface area contributed by atoms with Gasteiger partial charge in [0, 0.05) is 5.88 Å². The highest BCUT2D eigenvalue weighted by atomic mass is 35.5. The first-order valence-corrected chi connectivity index (χ1v) is 7.61.